The lowest BCUT2D eigenvalue weighted by Crippen LogP contribution is -2.65. The van der Waals surface area contributed by atoms with Crippen LogP contribution in [0, 0.1) is 0 Å². The normalized spacial score (nSPS) is 52.5. The fourth-order valence-corrected chi connectivity index (χ4v) is 3.95. The van der Waals surface area contributed by atoms with E-state index in [4.69, 9.17) is 23.7 Å². The molecule has 0 spiro atoms. The van der Waals surface area contributed by atoms with Crippen LogP contribution in [0.4, 0.5) is 0 Å². The lowest BCUT2D eigenvalue weighted by Gasteiger charge is -2.46. The number of hydrogen-bond acceptors (Lipinski definition) is 16. The number of aliphatic hydroxyl groups excluding tert-OH is 11. The van der Waals surface area contributed by atoms with Gasteiger partial charge in [-0.3, -0.25) is 0 Å². The molecule has 15 atom stereocenters. The van der Waals surface area contributed by atoms with Gasteiger partial charge in [-0.2, -0.15) is 0 Å². The predicted molar refractivity (Wildman–Crippen MR) is 101 cm³/mol. The van der Waals surface area contributed by atoms with Crippen LogP contribution in [0.1, 0.15) is 0 Å². The molecular weight excluding hydrogens is 472 g/mol. The molecular formula is C18H32O16. The first-order valence-electron chi connectivity index (χ1n) is 10.6. The third-order valence-electron chi connectivity index (χ3n) is 6.07. The smallest absolute Gasteiger partial charge is 0.187 e. The second-order valence-electron chi connectivity index (χ2n) is 8.37. The van der Waals surface area contributed by atoms with Crippen molar-refractivity contribution < 1.29 is 79.9 Å². The molecule has 3 aliphatic heterocycles. The van der Waals surface area contributed by atoms with Crippen LogP contribution in [0.2, 0.25) is 0 Å². The molecule has 0 aromatic rings. The number of aliphatic hydroxyl groups is 11. The van der Waals surface area contributed by atoms with Crippen LogP contribution < -0.4 is 0 Å². The van der Waals surface area contributed by atoms with Crippen molar-refractivity contribution in [3.63, 3.8) is 0 Å². The van der Waals surface area contributed by atoms with Crippen molar-refractivity contribution >= 4 is 0 Å². The van der Waals surface area contributed by atoms with Crippen LogP contribution in [0.5, 0.6) is 0 Å². The average molecular weight is 504 g/mol. The summed E-state index contributed by atoms with van der Waals surface area (Å²) in [4.78, 5) is 0. The van der Waals surface area contributed by atoms with Gasteiger partial charge in [0.1, 0.15) is 73.2 Å². The van der Waals surface area contributed by atoms with Crippen molar-refractivity contribution in [3.8, 4) is 0 Å². The van der Waals surface area contributed by atoms with E-state index in [0.29, 0.717) is 0 Å². The van der Waals surface area contributed by atoms with Crippen molar-refractivity contribution in [1.82, 2.24) is 0 Å². The van der Waals surface area contributed by atoms with Gasteiger partial charge in [0.25, 0.3) is 0 Å². The topological polar surface area (TPSA) is 269 Å². The maximum absolute atomic E-state index is 10.5. The molecule has 3 aliphatic rings. The van der Waals surface area contributed by atoms with Crippen LogP contribution in [-0.2, 0) is 23.7 Å². The van der Waals surface area contributed by atoms with Crippen molar-refractivity contribution in [2.45, 2.75) is 92.1 Å². The highest BCUT2D eigenvalue weighted by atomic mass is 16.7. The zero-order chi connectivity index (χ0) is 25.3. The molecule has 0 bridgehead atoms. The Kier molecular flexibility index (Phi) is 9.54. The molecule has 200 valence electrons. The fraction of sp³-hybridized carbons (Fsp3) is 1.00. The van der Waals surface area contributed by atoms with Gasteiger partial charge in [0.15, 0.2) is 18.9 Å². The average Bonchev–Trinajstić information content (AvgIpc) is 2.83. The minimum absolute atomic E-state index is 0.577. The largest absolute Gasteiger partial charge is 0.394 e. The maximum Gasteiger partial charge on any atom is 0.187 e. The first kappa shape index (κ1) is 27.9. The molecule has 3 heterocycles. The molecule has 16 nitrogen and oxygen atoms in total. The van der Waals surface area contributed by atoms with E-state index in [9.17, 15) is 56.2 Å². The summed E-state index contributed by atoms with van der Waals surface area (Å²) in [5, 5.41) is 109. The lowest BCUT2D eigenvalue weighted by molar-refractivity contribution is -0.363. The van der Waals surface area contributed by atoms with Gasteiger partial charge in [-0.05, 0) is 0 Å². The molecule has 0 radical (unpaired) electrons. The molecule has 3 saturated heterocycles. The Labute approximate surface area is 192 Å². The molecule has 0 unspecified atom stereocenters. The van der Waals surface area contributed by atoms with Crippen LogP contribution >= 0.6 is 0 Å². The molecule has 3 fully saturated rings. The zero-order valence-electron chi connectivity index (χ0n) is 17.7. The summed E-state index contributed by atoms with van der Waals surface area (Å²) < 4.78 is 26.2. The summed E-state index contributed by atoms with van der Waals surface area (Å²) in [5.74, 6) is 0. The number of rotatable bonds is 7. The van der Waals surface area contributed by atoms with E-state index in [2.05, 4.69) is 0 Å². The summed E-state index contributed by atoms with van der Waals surface area (Å²) >= 11 is 0. The summed E-state index contributed by atoms with van der Waals surface area (Å²) in [6.45, 7) is -2.09. The van der Waals surface area contributed by atoms with Crippen LogP contribution in [-0.4, -0.2) is 168 Å². The second kappa shape index (κ2) is 11.6. The number of hydrogen-bond donors (Lipinski definition) is 11. The molecule has 0 amide bonds. The summed E-state index contributed by atoms with van der Waals surface area (Å²) in [6.07, 6.45) is -24.7. The van der Waals surface area contributed by atoms with Gasteiger partial charge in [-0.25, -0.2) is 0 Å². The van der Waals surface area contributed by atoms with E-state index in [1.807, 2.05) is 0 Å². The summed E-state index contributed by atoms with van der Waals surface area (Å²) in [6, 6.07) is 0. The van der Waals surface area contributed by atoms with Crippen molar-refractivity contribution in [1.29, 1.82) is 0 Å². The minimum Gasteiger partial charge on any atom is -0.394 e. The Balaban J connectivity index is 1.63. The second-order valence-corrected chi connectivity index (χ2v) is 8.37. The van der Waals surface area contributed by atoms with Gasteiger partial charge >= 0.3 is 0 Å². The lowest BCUT2D eigenvalue weighted by atomic mass is 9.97. The van der Waals surface area contributed by atoms with Crippen LogP contribution in [0.15, 0.2) is 0 Å². The highest BCUT2D eigenvalue weighted by Gasteiger charge is 2.51. The molecule has 3 rings (SSSR count). The van der Waals surface area contributed by atoms with E-state index in [-0.39, 0.29) is 0 Å². The monoisotopic (exact) mass is 504 g/mol. The molecule has 0 aliphatic carbocycles. The highest BCUT2D eigenvalue weighted by molar-refractivity contribution is 4.94. The minimum atomic E-state index is -1.82. The SMILES string of the molecule is OC[C@H]1O[C@@H](O[C@@H]2[C@H](O)[C@@H](O)[C@@H](OC[C@H]3O[C@H](O)[C@@H](O)[C@@H](O)[C@@H]3O)O[C@@H]2CO)[C@@H](O)[C@@H](O)[C@@H]1O. The number of ether oxygens (including phenoxy) is 5. The first-order chi connectivity index (χ1) is 16.0. The van der Waals surface area contributed by atoms with E-state index in [1.54, 1.807) is 0 Å². The van der Waals surface area contributed by atoms with Crippen molar-refractivity contribution in [2.75, 3.05) is 19.8 Å². The van der Waals surface area contributed by atoms with Gasteiger partial charge < -0.3 is 79.9 Å². The van der Waals surface area contributed by atoms with Crippen LogP contribution in [0.3, 0.4) is 0 Å². The van der Waals surface area contributed by atoms with Gasteiger partial charge in [0, 0.05) is 0 Å². The molecule has 34 heavy (non-hydrogen) atoms. The molecule has 0 aromatic heterocycles. The Morgan fingerprint density at radius 1 is 0.500 bits per heavy atom. The van der Waals surface area contributed by atoms with Gasteiger partial charge in [-0.15, -0.1) is 0 Å². The molecule has 11 N–H and O–H groups in total. The summed E-state index contributed by atoms with van der Waals surface area (Å²) in [7, 11) is 0. The third kappa shape index (κ3) is 5.52. The maximum atomic E-state index is 10.5. The van der Waals surface area contributed by atoms with Crippen molar-refractivity contribution in [2.24, 2.45) is 0 Å². The van der Waals surface area contributed by atoms with E-state index >= 15 is 0 Å². The molecule has 0 saturated carbocycles. The molecule has 0 aromatic carbocycles. The fourth-order valence-electron chi connectivity index (χ4n) is 3.95. The van der Waals surface area contributed by atoms with Gasteiger partial charge in [-0.1, -0.05) is 0 Å². The predicted octanol–water partition coefficient (Wildman–Crippen LogP) is -7.57. The van der Waals surface area contributed by atoms with E-state index < -0.39 is 112 Å². The van der Waals surface area contributed by atoms with Crippen LogP contribution in [0.25, 0.3) is 0 Å². The third-order valence-corrected chi connectivity index (χ3v) is 6.07. The quantitative estimate of drug-likeness (QED) is 0.154. The Hall–Kier alpha value is -0.640. The standard InChI is InChI=1S/C18H32O16/c19-1-4-7(21)10(24)13(27)18(32-4)34-15-5(2-20)33-17(14(28)11(15)25)30-3-6-8(22)9(23)12(26)16(29)31-6/h4-29H,1-3H2/t4-,5-,6-,7-,8-,9+,10+,11-,12+,13+,14-,15+,16+,17+,18+/m1/s1. The Morgan fingerprint density at radius 2 is 1.03 bits per heavy atom. The Bertz CT molecular complexity index is 637. The van der Waals surface area contributed by atoms with Crippen molar-refractivity contribution in [3.05, 3.63) is 0 Å². The van der Waals surface area contributed by atoms with E-state index in [1.165, 1.54) is 0 Å². The first-order valence-corrected chi connectivity index (χ1v) is 10.6. The van der Waals surface area contributed by atoms with Gasteiger partial charge in [0.05, 0.1) is 19.8 Å². The highest BCUT2D eigenvalue weighted by Crippen LogP contribution is 2.30. The zero-order valence-corrected chi connectivity index (χ0v) is 17.7. The van der Waals surface area contributed by atoms with E-state index in [0.717, 1.165) is 0 Å². The molecule has 16 heteroatoms. The Morgan fingerprint density at radius 3 is 1.65 bits per heavy atom. The summed E-state index contributed by atoms with van der Waals surface area (Å²) in [5.41, 5.74) is 0. The van der Waals surface area contributed by atoms with Gasteiger partial charge in [0.2, 0.25) is 0 Å².